The fourth-order valence-electron chi connectivity index (χ4n) is 4.18. The van der Waals surface area contributed by atoms with Gasteiger partial charge in [-0.25, -0.2) is 0 Å². The summed E-state index contributed by atoms with van der Waals surface area (Å²) in [7, 11) is -0.120. The zero-order valence-electron chi connectivity index (χ0n) is 22.9. The van der Waals surface area contributed by atoms with Crippen LogP contribution in [0.1, 0.15) is 61.0 Å². The highest BCUT2D eigenvalue weighted by molar-refractivity contribution is 6.74. The van der Waals surface area contributed by atoms with E-state index in [0.717, 1.165) is 17.9 Å². The van der Waals surface area contributed by atoms with Gasteiger partial charge < -0.3 is 23.4 Å². The molecule has 33 heavy (non-hydrogen) atoms. The van der Waals surface area contributed by atoms with Crippen molar-refractivity contribution >= 4 is 8.32 Å². The van der Waals surface area contributed by atoms with Crippen LogP contribution >= 0.6 is 0 Å². The summed E-state index contributed by atoms with van der Waals surface area (Å²) >= 11 is 0. The van der Waals surface area contributed by atoms with Gasteiger partial charge in [-0.2, -0.15) is 0 Å². The second-order valence-corrected chi connectivity index (χ2v) is 16.6. The second kappa shape index (κ2) is 11.2. The van der Waals surface area contributed by atoms with E-state index in [9.17, 15) is 0 Å². The molecular formula is C27H48O5Si. The van der Waals surface area contributed by atoms with Crippen molar-refractivity contribution in [3.8, 4) is 5.75 Å². The van der Waals surface area contributed by atoms with E-state index in [-0.39, 0.29) is 35.0 Å². The predicted octanol–water partition coefficient (Wildman–Crippen LogP) is 6.66. The Balaban J connectivity index is 1.97. The van der Waals surface area contributed by atoms with Crippen LogP contribution in [0.2, 0.25) is 18.1 Å². The van der Waals surface area contributed by atoms with Crippen molar-refractivity contribution in [2.75, 3.05) is 20.3 Å². The van der Waals surface area contributed by atoms with Crippen LogP contribution in [-0.2, 0) is 25.2 Å². The van der Waals surface area contributed by atoms with Crippen molar-refractivity contribution in [3.63, 3.8) is 0 Å². The predicted molar refractivity (Wildman–Crippen MR) is 137 cm³/mol. The van der Waals surface area contributed by atoms with Crippen molar-refractivity contribution < 1.29 is 23.4 Å². The average Bonchev–Trinajstić information content (AvgIpc) is 2.73. The maximum absolute atomic E-state index is 6.54. The molecule has 0 aromatic heterocycles. The molecule has 190 valence electrons. The van der Waals surface area contributed by atoms with Crippen molar-refractivity contribution in [2.24, 2.45) is 17.8 Å². The number of hydrogen-bond donors (Lipinski definition) is 0. The Labute approximate surface area is 203 Å². The highest BCUT2D eigenvalue weighted by atomic mass is 28.4. The zero-order chi connectivity index (χ0) is 25.0. The van der Waals surface area contributed by atoms with E-state index in [0.29, 0.717) is 13.2 Å². The molecule has 1 aliphatic rings. The molecule has 0 aliphatic carbocycles. The van der Waals surface area contributed by atoms with Crippen molar-refractivity contribution in [3.05, 3.63) is 29.8 Å². The summed E-state index contributed by atoms with van der Waals surface area (Å²) < 4.78 is 30.7. The Bertz CT molecular complexity index is 725. The molecule has 0 saturated carbocycles. The lowest BCUT2D eigenvalue weighted by Crippen LogP contribution is -2.55. The molecule has 1 aliphatic heterocycles. The molecule has 0 spiro atoms. The average molecular weight is 481 g/mol. The highest BCUT2D eigenvalue weighted by Gasteiger charge is 2.46. The third kappa shape index (κ3) is 7.79. The van der Waals surface area contributed by atoms with Gasteiger partial charge in [0.15, 0.2) is 14.1 Å². The summed E-state index contributed by atoms with van der Waals surface area (Å²) in [4.78, 5) is 0. The molecule has 6 heteroatoms. The Morgan fingerprint density at radius 2 is 1.48 bits per heavy atom. The summed E-state index contributed by atoms with van der Waals surface area (Å²) in [6.07, 6.45) is 0.137. The molecule has 0 radical (unpaired) electrons. The van der Waals surface area contributed by atoms with E-state index in [2.05, 4.69) is 54.6 Å². The van der Waals surface area contributed by atoms with Crippen LogP contribution in [0.25, 0.3) is 0 Å². The van der Waals surface area contributed by atoms with Crippen molar-refractivity contribution in [1.29, 1.82) is 0 Å². The van der Waals surface area contributed by atoms with E-state index < -0.39 is 14.1 Å². The summed E-state index contributed by atoms with van der Waals surface area (Å²) in [5, 5.41) is 0.201. The Hall–Kier alpha value is -0.923. The van der Waals surface area contributed by atoms with Gasteiger partial charge in [0.2, 0.25) is 0 Å². The molecule has 0 unspecified atom stereocenters. The van der Waals surface area contributed by atoms with Gasteiger partial charge in [-0.05, 0) is 49.7 Å². The van der Waals surface area contributed by atoms with Gasteiger partial charge in [-0.15, -0.1) is 0 Å². The maximum Gasteiger partial charge on any atom is 0.191 e. The fourth-order valence-corrected chi connectivity index (χ4v) is 5.30. The number of rotatable bonds is 10. The molecule has 5 nitrogen and oxygen atoms in total. The van der Waals surface area contributed by atoms with Gasteiger partial charge in [0.05, 0.1) is 32.5 Å². The fraction of sp³-hybridized carbons (Fsp3) is 0.778. The van der Waals surface area contributed by atoms with Crippen LogP contribution in [0.3, 0.4) is 0 Å². The monoisotopic (exact) mass is 480 g/mol. The second-order valence-electron chi connectivity index (χ2n) is 11.8. The normalized spacial score (nSPS) is 25.5. The zero-order valence-corrected chi connectivity index (χ0v) is 23.9. The number of methoxy groups -OCH3 is 1. The lowest BCUT2D eigenvalue weighted by Gasteiger charge is -2.49. The summed E-state index contributed by atoms with van der Waals surface area (Å²) in [5.74, 6) is 1.01. The van der Waals surface area contributed by atoms with Gasteiger partial charge in [-0.1, -0.05) is 53.7 Å². The number of ether oxygens (including phenoxy) is 4. The van der Waals surface area contributed by atoms with E-state index in [1.54, 1.807) is 7.11 Å². The van der Waals surface area contributed by atoms with E-state index in [4.69, 9.17) is 23.4 Å². The van der Waals surface area contributed by atoms with E-state index in [1.165, 1.54) is 0 Å². The molecule has 1 saturated heterocycles. The molecule has 1 fully saturated rings. The topological polar surface area (TPSA) is 46.2 Å². The van der Waals surface area contributed by atoms with Crippen molar-refractivity contribution in [2.45, 2.75) is 98.1 Å². The first-order valence-electron chi connectivity index (χ1n) is 12.4. The van der Waals surface area contributed by atoms with Gasteiger partial charge >= 0.3 is 0 Å². The van der Waals surface area contributed by atoms with Gasteiger partial charge in [0, 0.05) is 24.4 Å². The SMILES string of the molecule is COc1ccc(COC[C@H](C)[C@@H]2OC(C)(C)O[C@@H]([C@H](C)CO[Si](C)(C)C(C)(C)C)[C@@H]2C)cc1. The minimum atomic E-state index is -1.80. The van der Waals surface area contributed by atoms with Crippen LogP contribution in [0.15, 0.2) is 24.3 Å². The molecule has 1 aromatic carbocycles. The molecule has 0 bridgehead atoms. The first kappa shape index (κ1) is 28.3. The van der Waals surface area contributed by atoms with Gasteiger partial charge in [0.25, 0.3) is 0 Å². The highest BCUT2D eigenvalue weighted by Crippen LogP contribution is 2.40. The summed E-state index contributed by atoms with van der Waals surface area (Å²) in [6.45, 7) is 24.1. The first-order chi connectivity index (χ1) is 15.2. The largest absolute Gasteiger partial charge is 0.497 e. The molecule has 1 heterocycles. The number of hydrogen-bond acceptors (Lipinski definition) is 5. The van der Waals surface area contributed by atoms with Crippen LogP contribution in [0, 0.1) is 17.8 Å². The van der Waals surface area contributed by atoms with E-state index in [1.807, 2.05) is 38.1 Å². The molecule has 1 aromatic rings. The standard InChI is InChI=1S/C27H48O5Si/c1-19(16-29-18-22-12-14-23(28-9)15-13-22)24-21(3)25(32-27(7,8)31-24)20(2)17-30-33(10,11)26(4,5)6/h12-15,19-21,24-25H,16-18H2,1-11H3/t19-,20+,21+,24-,25-/m0/s1. The van der Waals surface area contributed by atoms with Crippen LogP contribution in [-0.4, -0.2) is 46.6 Å². The van der Waals surface area contributed by atoms with Gasteiger partial charge in [0.1, 0.15) is 5.75 Å². The smallest absolute Gasteiger partial charge is 0.191 e. The van der Waals surface area contributed by atoms with Gasteiger partial charge in [-0.3, -0.25) is 0 Å². The Morgan fingerprint density at radius 1 is 0.970 bits per heavy atom. The van der Waals surface area contributed by atoms with Crippen LogP contribution < -0.4 is 4.74 Å². The van der Waals surface area contributed by atoms with Crippen molar-refractivity contribution in [1.82, 2.24) is 0 Å². The van der Waals surface area contributed by atoms with Crippen LogP contribution in [0.5, 0.6) is 5.75 Å². The quantitative estimate of drug-likeness (QED) is 0.350. The third-order valence-electron chi connectivity index (χ3n) is 7.32. The minimum absolute atomic E-state index is 0.0601. The van der Waals surface area contributed by atoms with E-state index >= 15 is 0 Å². The molecular weight excluding hydrogens is 432 g/mol. The summed E-state index contributed by atoms with van der Waals surface area (Å²) in [6, 6.07) is 8.01. The molecule has 0 N–H and O–H groups in total. The first-order valence-corrected chi connectivity index (χ1v) is 15.3. The lowest BCUT2D eigenvalue weighted by atomic mass is 9.83. The molecule has 2 rings (SSSR count). The molecule has 5 atom stereocenters. The molecule has 0 amide bonds. The number of benzene rings is 1. The van der Waals surface area contributed by atoms with Crippen LogP contribution in [0.4, 0.5) is 0 Å². The summed E-state index contributed by atoms with van der Waals surface area (Å²) in [5.41, 5.74) is 1.14. The Kier molecular flexibility index (Phi) is 9.62. The maximum atomic E-state index is 6.54. The minimum Gasteiger partial charge on any atom is -0.497 e. The Morgan fingerprint density at radius 3 is 1.97 bits per heavy atom. The third-order valence-corrected chi connectivity index (χ3v) is 11.8. The lowest BCUT2D eigenvalue weighted by molar-refractivity contribution is -0.336.